The fourth-order valence-electron chi connectivity index (χ4n) is 2.47. The molecule has 1 amide bonds. The zero-order valence-corrected chi connectivity index (χ0v) is 10.6. The van der Waals surface area contributed by atoms with E-state index in [2.05, 4.69) is 11.1 Å². The van der Waals surface area contributed by atoms with Crippen LogP contribution in [0.25, 0.3) is 0 Å². The zero-order valence-electron chi connectivity index (χ0n) is 10.6. The average molecular weight is 234 g/mol. The van der Waals surface area contributed by atoms with Crippen molar-refractivity contribution in [1.29, 1.82) is 0 Å². The predicted octanol–water partition coefficient (Wildman–Crippen LogP) is 2.08. The molecule has 1 aromatic rings. The van der Waals surface area contributed by atoms with Crippen molar-refractivity contribution >= 4 is 5.91 Å². The van der Waals surface area contributed by atoms with Gasteiger partial charge < -0.3 is 9.64 Å². The average Bonchev–Trinajstić information content (AvgIpc) is 2.77. The fraction of sp³-hybridized carbons (Fsp3) is 0.538. The van der Waals surface area contributed by atoms with Crippen LogP contribution in [0.2, 0.25) is 0 Å². The van der Waals surface area contributed by atoms with E-state index in [9.17, 15) is 4.79 Å². The lowest BCUT2D eigenvalue weighted by molar-refractivity contribution is -0.129. The lowest BCUT2D eigenvalue weighted by Gasteiger charge is -2.23. The molecule has 0 N–H and O–H groups in total. The summed E-state index contributed by atoms with van der Waals surface area (Å²) >= 11 is 0. The Hall–Kier alpha value is -1.58. The molecule has 4 heteroatoms. The Labute approximate surface area is 102 Å². The summed E-state index contributed by atoms with van der Waals surface area (Å²) in [6.07, 6.45) is 3.90. The van der Waals surface area contributed by atoms with E-state index < -0.39 is 0 Å². The minimum atomic E-state index is 0.140. The highest BCUT2D eigenvalue weighted by atomic mass is 16.5. The highest BCUT2D eigenvalue weighted by Gasteiger charge is 2.28. The van der Waals surface area contributed by atoms with Gasteiger partial charge in [0, 0.05) is 25.2 Å². The molecule has 0 spiro atoms. The Bertz CT molecular complexity index is 431. The van der Waals surface area contributed by atoms with E-state index in [4.69, 9.17) is 4.74 Å². The van der Waals surface area contributed by atoms with Gasteiger partial charge in [-0.1, -0.05) is 0 Å². The number of carbonyl (C=O) groups excluding carboxylic acids is 1. The van der Waals surface area contributed by atoms with Crippen LogP contribution in [-0.4, -0.2) is 29.4 Å². The largest absolute Gasteiger partial charge is 0.481 e. The standard InChI is InChI=1S/C13H18N2O2/c1-9-7-11(8-14-13(9)17-3)12-5-4-6-15(12)10(2)16/h7-8,12H,4-6H2,1-3H3. The van der Waals surface area contributed by atoms with Gasteiger partial charge in [0.25, 0.3) is 0 Å². The van der Waals surface area contributed by atoms with E-state index in [1.54, 1.807) is 14.0 Å². The molecule has 92 valence electrons. The third-order valence-corrected chi connectivity index (χ3v) is 3.29. The molecule has 2 heterocycles. The summed E-state index contributed by atoms with van der Waals surface area (Å²) in [7, 11) is 1.62. The number of likely N-dealkylation sites (tertiary alicyclic amines) is 1. The first-order valence-corrected chi connectivity index (χ1v) is 5.91. The molecule has 0 aromatic carbocycles. The van der Waals surface area contributed by atoms with E-state index in [0.717, 1.165) is 30.5 Å². The zero-order chi connectivity index (χ0) is 12.4. The minimum Gasteiger partial charge on any atom is -0.481 e. The summed E-state index contributed by atoms with van der Waals surface area (Å²) in [6, 6.07) is 2.25. The minimum absolute atomic E-state index is 0.140. The maximum Gasteiger partial charge on any atom is 0.219 e. The van der Waals surface area contributed by atoms with Crippen molar-refractivity contribution in [3.63, 3.8) is 0 Å². The van der Waals surface area contributed by atoms with Crippen molar-refractivity contribution in [2.75, 3.05) is 13.7 Å². The van der Waals surface area contributed by atoms with Crippen LogP contribution in [0.15, 0.2) is 12.3 Å². The summed E-state index contributed by atoms with van der Waals surface area (Å²) in [5.74, 6) is 0.794. The van der Waals surface area contributed by atoms with Crippen LogP contribution in [0, 0.1) is 6.92 Å². The van der Waals surface area contributed by atoms with Crippen LogP contribution in [0.1, 0.15) is 36.9 Å². The molecular weight excluding hydrogens is 216 g/mol. The SMILES string of the molecule is COc1ncc(C2CCCN2C(C)=O)cc1C. The highest BCUT2D eigenvalue weighted by Crippen LogP contribution is 2.32. The summed E-state index contributed by atoms with van der Waals surface area (Å²) in [4.78, 5) is 17.7. The lowest BCUT2D eigenvalue weighted by Crippen LogP contribution is -2.28. The van der Waals surface area contributed by atoms with Crippen molar-refractivity contribution in [3.8, 4) is 5.88 Å². The van der Waals surface area contributed by atoms with Gasteiger partial charge in [-0.25, -0.2) is 4.98 Å². The summed E-state index contributed by atoms with van der Waals surface area (Å²) in [6.45, 7) is 4.45. The Morgan fingerprint density at radius 3 is 2.94 bits per heavy atom. The van der Waals surface area contributed by atoms with Crippen molar-refractivity contribution < 1.29 is 9.53 Å². The number of hydrogen-bond acceptors (Lipinski definition) is 3. The molecule has 0 saturated carbocycles. The Balaban J connectivity index is 2.27. The number of carbonyl (C=O) groups is 1. The van der Waals surface area contributed by atoms with E-state index >= 15 is 0 Å². The molecule has 17 heavy (non-hydrogen) atoms. The van der Waals surface area contributed by atoms with Gasteiger partial charge in [0.2, 0.25) is 11.8 Å². The van der Waals surface area contributed by atoms with E-state index in [0.29, 0.717) is 5.88 Å². The van der Waals surface area contributed by atoms with Crippen LogP contribution in [0.4, 0.5) is 0 Å². The molecule has 1 fully saturated rings. The third-order valence-electron chi connectivity index (χ3n) is 3.29. The van der Waals surface area contributed by atoms with Crippen molar-refractivity contribution in [1.82, 2.24) is 9.88 Å². The number of hydrogen-bond donors (Lipinski definition) is 0. The van der Waals surface area contributed by atoms with E-state index in [1.807, 2.05) is 18.0 Å². The molecule has 0 bridgehead atoms. The van der Waals surface area contributed by atoms with Gasteiger partial charge in [-0.3, -0.25) is 4.79 Å². The summed E-state index contributed by atoms with van der Waals surface area (Å²) in [5.41, 5.74) is 2.12. The first kappa shape index (κ1) is 11.9. The molecule has 0 radical (unpaired) electrons. The van der Waals surface area contributed by atoms with Gasteiger partial charge >= 0.3 is 0 Å². The first-order chi connectivity index (χ1) is 8.13. The van der Waals surface area contributed by atoms with Gasteiger partial charge in [-0.2, -0.15) is 0 Å². The second-order valence-corrected chi connectivity index (χ2v) is 4.47. The molecule has 1 unspecified atom stereocenters. The Morgan fingerprint density at radius 1 is 1.59 bits per heavy atom. The second kappa shape index (κ2) is 4.73. The molecule has 0 aliphatic carbocycles. The van der Waals surface area contributed by atoms with Gasteiger partial charge in [0.1, 0.15) is 0 Å². The Morgan fingerprint density at radius 2 is 2.35 bits per heavy atom. The van der Waals surface area contributed by atoms with Crippen LogP contribution in [-0.2, 0) is 4.79 Å². The maximum absolute atomic E-state index is 11.5. The number of pyridine rings is 1. The predicted molar refractivity (Wildman–Crippen MR) is 64.9 cm³/mol. The lowest BCUT2D eigenvalue weighted by atomic mass is 10.1. The number of aromatic nitrogens is 1. The molecule has 4 nitrogen and oxygen atoms in total. The van der Waals surface area contributed by atoms with Crippen molar-refractivity contribution in [2.45, 2.75) is 32.7 Å². The number of methoxy groups -OCH3 is 1. The van der Waals surface area contributed by atoms with Crippen LogP contribution in [0.3, 0.4) is 0 Å². The Kier molecular flexibility index (Phi) is 3.31. The van der Waals surface area contributed by atoms with Gasteiger partial charge in [0.05, 0.1) is 13.2 Å². The smallest absolute Gasteiger partial charge is 0.219 e. The number of amides is 1. The fourth-order valence-corrected chi connectivity index (χ4v) is 2.47. The number of ether oxygens (including phenoxy) is 1. The van der Waals surface area contributed by atoms with E-state index in [-0.39, 0.29) is 11.9 Å². The number of rotatable bonds is 2. The van der Waals surface area contributed by atoms with Crippen molar-refractivity contribution in [3.05, 3.63) is 23.4 Å². The molecule has 2 rings (SSSR count). The normalized spacial score (nSPS) is 19.5. The molecule has 1 aromatic heterocycles. The monoisotopic (exact) mass is 234 g/mol. The number of nitrogens with zero attached hydrogens (tertiary/aromatic N) is 2. The third kappa shape index (κ3) is 2.25. The van der Waals surface area contributed by atoms with Crippen LogP contribution in [0.5, 0.6) is 5.88 Å². The van der Waals surface area contributed by atoms with Crippen LogP contribution >= 0.6 is 0 Å². The second-order valence-electron chi connectivity index (χ2n) is 4.47. The van der Waals surface area contributed by atoms with Crippen LogP contribution < -0.4 is 4.74 Å². The van der Waals surface area contributed by atoms with E-state index in [1.165, 1.54) is 0 Å². The first-order valence-electron chi connectivity index (χ1n) is 5.91. The summed E-state index contributed by atoms with van der Waals surface area (Å²) in [5, 5.41) is 0. The molecule has 1 atom stereocenters. The molecule has 1 aliphatic rings. The summed E-state index contributed by atoms with van der Waals surface area (Å²) < 4.78 is 5.15. The number of aryl methyl sites for hydroxylation is 1. The quantitative estimate of drug-likeness (QED) is 0.786. The molecular formula is C13H18N2O2. The molecule has 1 aliphatic heterocycles. The molecule has 1 saturated heterocycles. The maximum atomic E-state index is 11.5. The van der Waals surface area contributed by atoms with Gasteiger partial charge in [-0.15, -0.1) is 0 Å². The van der Waals surface area contributed by atoms with Gasteiger partial charge in [0.15, 0.2) is 0 Å². The van der Waals surface area contributed by atoms with Crippen molar-refractivity contribution in [2.24, 2.45) is 0 Å². The highest BCUT2D eigenvalue weighted by molar-refractivity contribution is 5.74. The topological polar surface area (TPSA) is 42.4 Å². The van der Waals surface area contributed by atoms with Gasteiger partial charge in [-0.05, 0) is 31.4 Å².